The van der Waals surface area contributed by atoms with Crippen LogP contribution in [0.4, 0.5) is 10.3 Å². The number of aryl methyl sites for hydroxylation is 1. The van der Waals surface area contributed by atoms with E-state index in [9.17, 15) is 9.18 Å². The van der Waals surface area contributed by atoms with Gasteiger partial charge in [-0.3, -0.25) is 9.78 Å². The molecule has 29 heavy (non-hydrogen) atoms. The van der Waals surface area contributed by atoms with Crippen LogP contribution in [0, 0.1) is 18.7 Å². The van der Waals surface area contributed by atoms with Crippen molar-refractivity contribution in [1.29, 1.82) is 0 Å². The molecular formula is C20H22FN5O2S. The second-order valence-corrected chi connectivity index (χ2v) is 8.47. The first-order chi connectivity index (χ1) is 14.0. The van der Waals surface area contributed by atoms with Gasteiger partial charge in [0.25, 0.3) is 5.91 Å². The standard InChI is InChI=1S/C20H22FN5O2S/c1-11-5-16-18(29-11)17(19(27)23-7-13-3-4-28-10-13)26-20(25-16)24-12(2)14-6-15(21)9-22-8-14/h5-6,8-9,12-13H,3-4,7,10H2,1-2H3,(H,23,27)(H,24,25,26). The molecule has 0 saturated carbocycles. The lowest BCUT2D eigenvalue weighted by Crippen LogP contribution is -2.30. The minimum Gasteiger partial charge on any atom is -0.381 e. The van der Waals surface area contributed by atoms with Crippen LogP contribution in [0.2, 0.25) is 0 Å². The van der Waals surface area contributed by atoms with Crippen molar-refractivity contribution in [3.63, 3.8) is 0 Å². The molecule has 2 N–H and O–H groups in total. The van der Waals surface area contributed by atoms with Gasteiger partial charge in [0, 0.05) is 30.1 Å². The molecule has 3 aromatic rings. The predicted molar refractivity (Wildman–Crippen MR) is 110 cm³/mol. The smallest absolute Gasteiger partial charge is 0.271 e. The fourth-order valence-electron chi connectivity index (χ4n) is 3.27. The molecule has 4 heterocycles. The first-order valence-corrected chi connectivity index (χ1v) is 10.3. The Labute approximate surface area is 171 Å². The molecular weight excluding hydrogens is 393 g/mol. The van der Waals surface area contributed by atoms with E-state index in [1.54, 1.807) is 6.20 Å². The zero-order valence-corrected chi connectivity index (χ0v) is 17.1. The Hall–Kier alpha value is -2.65. The van der Waals surface area contributed by atoms with E-state index in [0.717, 1.165) is 28.8 Å². The number of carbonyl (C=O) groups is 1. The minimum atomic E-state index is -0.406. The maximum atomic E-state index is 13.5. The Balaban J connectivity index is 1.58. The first-order valence-electron chi connectivity index (χ1n) is 9.50. The molecule has 2 atom stereocenters. The second kappa shape index (κ2) is 8.38. The van der Waals surface area contributed by atoms with Crippen molar-refractivity contribution in [1.82, 2.24) is 20.3 Å². The van der Waals surface area contributed by atoms with Crippen molar-refractivity contribution in [2.24, 2.45) is 5.92 Å². The van der Waals surface area contributed by atoms with Crippen LogP contribution in [0.25, 0.3) is 10.2 Å². The van der Waals surface area contributed by atoms with E-state index in [2.05, 4.69) is 25.6 Å². The summed E-state index contributed by atoms with van der Waals surface area (Å²) in [5.41, 5.74) is 1.73. The third kappa shape index (κ3) is 4.51. The summed E-state index contributed by atoms with van der Waals surface area (Å²) < 4.78 is 19.6. The Morgan fingerprint density at radius 3 is 3.00 bits per heavy atom. The van der Waals surface area contributed by atoms with Crippen LogP contribution in [0.5, 0.6) is 0 Å². The lowest BCUT2D eigenvalue weighted by atomic mass is 10.1. The van der Waals surface area contributed by atoms with E-state index in [4.69, 9.17) is 4.74 Å². The summed E-state index contributed by atoms with van der Waals surface area (Å²) in [7, 11) is 0. The molecule has 9 heteroatoms. The first kappa shape index (κ1) is 19.7. The Morgan fingerprint density at radius 2 is 2.24 bits per heavy atom. The molecule has 0 spiro atoms. The van der Waals surface area contributed by atoms with Crippen LogP contribution < -0.4 is 10.6 Å². The SMILES string of the molecule is Cc1cc2nc(NC(C)c3cncc(F)c3)nc(C(=O)NCC3CCOC3)c2s1. The van der Waals surface area contributed by atoms with E-state index in [-0.39, 0.29) is 11.9 Å². The van der Waals surface area contributed by atoms with E-state index < -0.39 is 5.82 Å². The molecule has 7 nitrogen and oxygen atoms in total. The number of hydrogen-bond acceptors (Lipinski definition) is 7. The number of hydrogen-bond donors (Lipinski definition) is 2. The molecule has 1 aliphatic heterocycles. The van der Waals surface area contributed by atoms with Gasteiger partial charge in [-0.2, -0.15) is 0 Å². The number of anilines is 1. The molecule has 1 aliphatic rings. The number of amides is 1. The largest absolute Gasteiger partial charge is 0.381 e. The number of rotatable bonds is 6. The van der Waals surface area contributed by atoms with Crippen LogP contribution in [-0.2, 0) is 4.74 Å². The molecule has 4 rings (SSSR count). The van der Waals surface area contributed by atoms with Crippen molar-refractivity contribution in [2.45, 2.75) is 26.3 Å². The molecule has 2 unspecified atom stereocenters. The fraction of sp³-hybridized carbons (Fsp3) is 0.400. The minimum absolute atomic E-state index is 0.228. The van der Waals surface area contributed by atoms with Gasteiger partial charge < -0.3 is 15.4 Å². The van der Waals surface area contributed by atoms with Gasteiger partial charge >= 0.3 is 0 Å². The summed E-state index contributed by atoms with van der Waals surface area (Å²) in [4.78, 5) is 26.8. The maximum absolute atomic E-state index is 13.5. The van der Waals surface area contributed by atoms with Crippen LogP contribution in [0.3, 0.4) is 0 Å². The van der Waals surface area contributed by atoms with Gasteiger partial charge in [-0.25, -0.2) is 14.4 Å². The molecule has 152 valence electrons. The van der Waals surface area contributed by atoms with Crippen LogP contribution in [0.15, 0.2) is 24.5 Å². The van der Waals surface area contributed by atoms with Crippen molar-refractivity contribution in [3.8, 4) is 0 Å². The molecule has 1 amide bonds. The molecule has 1 saturated heterocycles. The van der Waals surface area contributed by atoms with Gasteiger partial charge in [0.2, 0.25) is 5.95 Å². The van der Waals surface area contributed by atoms with Gasteiger partial charge in [0.05, 0.1) is 29.1 Å². The molecule has 3 aromatic heterocycles. The number of fused-ring (bicyclic) bond motifs is 1. The van der Waals surface area contributed by atoms with E-state index >= 15 is 0 Å². The normalized spacial score (nSPS) is 17.4. The topological polar surface area (TPSA) is 89.0 Å². The van der Waals surface area contributed by atoms with E-state index in [1.807, 2.05) is 19.9 Å². The Bertz CT molecular complexity index is 1030. The third-order valence-corrected chi connectivity index (χ3v) is 5.90. The van der Waals surface area contributed by atoms with Gasteiger partial charge in [-0.1, -0.05) is 0 Å². The lowest BCUT2D eigenvalue weighted by molar-refractivity contribution is 0.0942. The van der Waals surface area contributed by atoms with Crippen LogP contribution in [0.1, 0.15) is 40.3 Å². The number of nitrogens with one attached hydrogen (secondary N) is 2. The summed E-state index contributed by atoms with van der Waals surface area (Å²) in [5, 5.41) is 6.13. The van der Waals surface area contributed by atoms with E-state index in [1.165, 1.54) is 17.4 Å². The third-order valence-electron chi connectivity index (χ3n) is 4.86. The molecule has 1 fully saturated rings. The lowest BCUT2D eigenvalue weighted by Gasteiger charge is -2.15. The number of halogens is 1. The van der Waals surface area contributed by atoms with Crippen LogP contribution >= 0.6 is 11.3 Å². The summed E-state index contributed by atoms with van der Waals surface area (Å²) in [5.74, 6) is 0.0204. The maximum Gasteiger partial charge on any atom is 0.271 e. The Kier molecular flexibility index (Phi) is 5.68. The number of carbonyl (C=O) groups excluding carboxylic acids is 1. The number of ether oxygens (including phenoxy) is 1. The summed E-state index contributed by atoms with van der Waals surface area (Å²) >= 11 is 1.49. The highest BCUT2D eigenvalue weighted by molar-refractivity contribution is 7.19. The molecule has 0 aliphatic carbocycles. The summed E-state index contributed by atoms with van der Waals surface area (Å²) in [6.07, 6.45) is 3.69. The molecule has 0 bridgehead atoms. The van der Waals surface area contributed by atoms with Gasteiger partial charge in [0.15, 0.2) is 5.69 Å². The van der Waals surface area contributed by atoms with Crippen LogP contribution in [-0.4, -0.2) is 40.6 Å². The van der Waals surface area contributed by atoms with Crippen molar-refractivity contribution >= 4 is 33.4 Å². The number of thiophene rings is 1. The monoisotopic (exact) mass is 415 g/mol. The highest BCUT2D eigenvalue weighted by Crippen LogP contribution is 2.28. The van der Waals surface area contributed by atoms with Gasteiger partial charge in [-0.05, 0) is 38.0 Å². The number of nitrogens with zero attached hydrogens (tertiary/aromatic N) is 3. The van der Waals surface area contributed by atoms with Crippen molar-refractivity contribution in [2.75, 3.05) is 25.1 Å². The molecule has 0 aromatic carbocycles. The van der Waals surface area contributed by atoms with Crippen molar-refractivity contribution in [3.05, 3.63) is 46.5 Å². The van der Waals surface area contributed by atoms with E-state index in [0.29, 0.717) is 41.8 Å². The van der Waals surface area contributed by atoms with Crippen molar-refractivity contribution < 1.29 is 13.9 Å². The number of aromatic nitrogens is 3. The number of pyridine rings is 1. The highest BCUT2D eigenvalue weighted by atomic mass is 32.1. The zero-order chi connectivity index (χ0) is 20.4. The predicted octanol–water partition coefficient (Wildman–Crippen LogP) is 3.47. The zero-order valence-electron chi connectivity index (χ0n) is 16.2. The summed E-state index contributed by atoms with van der Waals surface area (Å²) in [6, 6.07) is 3.07. The second-order valence-electron chi connectivity index (χ2n) is 7.21. The molecule has 0 radical (unpaired) electrons. The quantitative estimate of drug-likeness (QED) is 0.641. The highest BCUT2D eigenvalue weighted by Gasteiger charge is 2.21. The van der Waals surface area contributed by atoms with Gasteiger partial charge in [0.1, 0.15) is 5.82 Å². The average molecular weight is 415 g/mol. The fourth-order valence-corrected chi connectivity index (χ4v) is 4.21. The van der Waals surface area contributed by atoms with Gasteiger partial charge in [-0.15, -0.1) is 11.3 Å². The Morgan fingerprint density at radius 1 is 1.38 bits per heavy atom. The average Bonchev–Trinajstić information content (AvgIpc) is 3.34. The summed E-state index contributed by atoms with van der Waals surface area (Å²) in [6.45, 7) is 5.80.